The molecule has 0 spiro atoms. The molecular formula is C13H17NO4. The Kier molecular flexibility index (Phi) is 3.63. The maximum atomic E-state index is 10.8. The maximum Gasteiger partial charge on any atom is 0.213 e. The van der Waals surface area contributed by atoms with Crippen LogP contribution in [0.1, 0.15) is 25.3 Å². The zero-order valence-corrected chi connectivity index (χ0v) is 10.5. The van der Waals surface area contributed by atoms with Crippen molar-refractivity contribution in [2.45, 2.75) is 31.7 Å². The Hall–Kier alpha value is -1.46. The lowest BCUT2D eigenvalue weighted by atomic mass is 9.94. The van der Waals surface area contributed by atoms with E-state index in [9.17, 15) is 10.1 Å². The van der Waals surface area contributed by atoms with Crippen molar-refractivity contribution in [3.8, 4) is 0 Å². The third-order valence-corrected chi connectivity index (χ3v) is 3.05. The van der Waals surface area contributed by atoms with Crippen LogP contribution in [0.2, 0.25) is 0 Å². The van der Waals surface area contributed by atoms with Crippen molar-refractivity contribution in [3.05, 3.63) is 46.0 Å². The summed E-state index contributed by atoms with van der Waals surface area (Å²) in [5.41, 5.74) is 0.917. The van der Waals surface area contributed by atoms with Crippen molar-refractivity contribution in [2.24, 2.45) is 0 Å². The first kappa shape index (κ1) is 13.0. The summed E-state index contributed by atoms with van der Waals surface area (Å²) in [7, 11) is 0. The molecular weight excluding hydrogens is 234 g/mol. The first-order valence-corrected chi connectivity index (χ1v) is 5.96. The summed E-state index contributed by atoms with van der Waals surface area (Å²) in [4.78, 5) is 10.5. The average Bonchev–Trinajstić information content (AvgIpc) is 2.67. The van der Waals surface area contributed by atoms with Gasteiger partial charge >= 0.3 is 0 Å². The molecule has 0 radical (unpaired) electrons. The molecule has 5 nitrogen and oxygen atoms in total. The van der Waals surface area contributed by atoms with Crippen LogP contribution >= 0.6 is 0 Å². The second-order valence-electron chi connectivity index (χ2n) is 4.90. The smallest absolute Gasteiger partial charge is 0.213 e. The number of hydrogen-bond acceptors (Lipinski definition) is 4. The Balaban J connectivity index is 2.19. The lowest BCUT2D eigenvalue weighted by Gasteiger charge is -2.21. The Labute approximate surface area is 106 Å². The number of rotatable bonds is 4. The van der Waals surface area contributed by atoms with Crippen LogP contribution in [0.4, 0.5) is 0 Å². The van der Waals surface area contributed by atoms with Crippen molar-refractivity contribution < 1.29 is 14.4 Å². The van der Waals surface area contributed by atoms with Gasteiger partial charge in [0, 0.05) is 4.92 Å². The largest absolute Gasteiger partial charge is 0.348 e. The third-order valence-electron chi connectivity index (χ3n) is 3.05. The van der Waals surface area contributed by atoms with E-state index in [0.717, 1.165) is 5.56 Å². The summed E-state index contributed by atoms with van der Waals surface area (Å²) in [5.74, 6) is -0.933. The summed E-state index contributed by atoms with van der Waals surface area (Å²) in [6.07, 6.45) is -0.271. The van der Waals surface area contributed by atoms with Crippen LogP contribution in [0, 0.1) is 10.1 Å². The topological polar surface area (TPSA) is 61.6 Å². The lowest BCUT2D eigenvalue weighted by Crippen LogP contribution is -2.29. The third kappa shape index (κ3) is 3.05. The summed E-state index contributed by atoms with van der Waals surface area (Å²) < 4.78 is 11.2. The molecule has 0 aromatic heterocycles. The van der Waals surface area contributed by atoms with Crippen molar-refractivity contribution >= 4 is 0 Å². The van der Waals surface area contributed by atoms with Crippen molar-refractivity contribution in [2.75, 3.05) is 13.2 Å². The fourth-order valence-corrected chi connectivity index (χ4v) is 2.21. The van der Waals surface area contributed by atoms with Gasteiger partial charge in [0.05, 0.1) is 18.6 Å². The van der Waals surface area contributed by atoms with Crippen LogP contribution < -0.4 is 0 Å². The predicted molar refractivity (Wildman–Crippen MR) is 65.9 cm³/mol. The SMILES string of the molecule is CC1(C)OCC(C(C[N+](=O)[O-])c2ccccc2)O1. The van der Waals surface area contributed by atoms with Gasteiger partial charge in [0.25, 0.3) is 0 Å². The molecule has 0 N–H and O–H groups in total. The fourth-order valence-electron chi connectivity index (χ4n) is 2.21. The number of nitrogens with zero attached hydrogens (tertiary/aromatic N) is 1. The van der Waals surface area contributed by atoms with Gasteiger partial charge in [-0.15, -0.1) is 0 Å². The number of hydrogen-bond donors (Lipinski definition) is 0. The van der Waals surface area contributed by atoms with Gasteiger partial charge in [-0.3, -0.25) is 10.1 Å². The molecule has 18 heavy (non-hydrogen) atoms. The van der Waals surface area contributed by atoms with Crippen molar-refractivity contribution in [3.63, 3.8) is 0 Å². The van der Waals surface area contributed by atoms with E-state index in [4.69, 9.17) is 9.47 Å². The molecule has 1 aromatic rings. The minimum Gasteiger partial charge on any atom is -0.348 e. The number of benzene rings is 1. The molecule has 1 saturated heterocycles. The van der Waals surface area contributed by atoms with Crippen molar-refractivity contribution in [1.29, 1.82) is 0 Å². The molecule has 1 heterocycles. The molecule has 1 aliphatic heterocycles. The number of ether oxygens (including phenoxy) is 2. The quantitative estimate of drug-likeness (QED) is 0.608. The minimum atomic E-state index is -0.658. The first-order chi connectivity index (χ1) is 8.48. The van der Waals surface area contributed by atoms with Gasteiger partial charge in [0.15, 0.2) is 5.79 Å². The molecule has 2 unspecified atom stereocenters. The van der Waals surface area contributed by atoms with Crippen LogP contribution in [-0.4, -0.2) is 30.0 Å². The molecule has 1 aliphatic rings. The monoisotopic (exact) mass is 251 g/mol. The Morgan fingerprint density at radius 1 is 1.44 bits per heavy atom. The summed E-state index contributed by atoms with van der Waals surface area (Å²) in [6, 6.07) is 9.43. The van der Waals surface area contributed by atoms with Gasteiger partial charge in [-0.2, -0.15) is 0 Å². The highest BCUT2D eigenvalue weighted by Crippen LogP contribution is 2.32. The van der Waals surface area contributed by atoms with E-state index in [1.807, 2.05) is 44.2 Å². The van der Waals surface area contributed by atoms with Crippen molar-refractivity contribution in [1.82, 2.24) is 0 Å². The van der Waals surface area contributed by atoms with Crippen LogP contribution in [0.5, 0.6) is 0 Å². The first-order valence-electron chi connectivity index (χ1n) is 5.96. The standard InChI is InChI=1S/C13H17NO4/c1-13(2)17-9-12(18-13)11(8-14(15)16)10-6-4-3-5-7-10/h3-7,11-12H,8-9H2,1-2H3. The minimum absolute atomic E-state index is 0.145. The highest BCUT2D eigenvalue weighted by molar-refractivity contribution is 5.21. The van der Waals surface area contributed by atoms with E-state index < -0.39 is 5.79 Å². The molecule has 1 aromatic carbocycles. The Bertz CT molecular complexity index is 418. The molecule has 98 valence electrons. The zero-order valence-electron chi connectivity index (χ0n) is 10.5. The van der Waals surface area contributed by atoms with Crippen LogP contribution in [0.25, 0.3) is 0 Å². The molecule has 1 fully saturated rings. The summed E-state index contributed by atoms with van der Waals surface area (Å²) in [6.45, 7) is 3.89. The zero-order chi connectivity index (χ0) is 13.2. The van der Waals surface area contributed by atoms with E-state index >= 15 is 0 Å². The van der Waals surface area contributed by atoms with E-state index in [0.29, 0.717) is 6.61 Å². The summed E-state index contributed by atoms with van der Waals surface area (Å²) >= 11 is 0. The van der Waals surface area contributed by atoms with Crippen LogP contribution in [-0.2, 0) is 9.47 Å². The molecule has 0 bridgehead atoms. The van der Waals surface area contributed by atoms with Gasteiger partial charge in [0.2, 0.25) is 6.54 Å². The van der Waals surface area contributed by atoms with Crippen LogP contribution in [0.3, 0.4) is 0 Å². The van der Waals surface area contributed by atoms with Gasteiger partial charge in [-0.25, -0.2) is 0 Å². The fraction of sp³-hybridized carbons (Fsp3) is 0.538. The van der Waals surface area contributed by atoms with Gasteiger partial charge < -0.3 is 9.47 Å². The number of nitro groups is 1. The molecule has 0 saturated carbocycles. The second kappa shape index (κ2) is 5.04. The van der Waals surface area contributed by atoms with Crippen LogP contribution in [0.15, 0.2) is 30.3 Å². The van der Waals surface area contributed by atoms with E-state index in [1.165, 1.54) is 0 Å². The maximum absolute atomic E-state index is 10.8. The molecule has 5 heteroatoms. The van der Waals surface area contributed by atoms with Gasteiger partial charge in [-0.05, 0) is 19.4 Å². The van der Waals surface area contributed by atoms with Gasteiger partial charge in [0.1, 0.15) is 0 Å². The molecule has 0 amide bonds. The summed E-state index contributed by atoms with van der Waals surface area (Å²) in [5, 5.41) is 10.8. The predicted octanol–water partition coefficient (Wildman–Crippen LogP) is 2.20. The van der Waals surface area contributed by atoms with E-state index in [-0.39, 0.29) is 23.5 Å². The molecule has 0 aliphatic carbocycles. The highest BCUT2D eigenvalue weighted by Gasteiger charge is 2.39. The Morgan fingerprint density at radius 2 is 2.11 bits per heavy atom. The highest BCUT2D eigenvalue weighted by atomic mass is 16.7. The van der Waals surface area contributed by atoms with E-state index in [2.05, 4.69) is 0 Å². The van der Waals surface area contributed by atoms with Gasteiger partial charge in [-0.1, -0.05) is 30.3 Å². The lowest BCUT2D eigenvalue weighted by molar-refractivity contribution is -0.485. The molecule has 2 atom stereocenters. The second-order valence-corrected chi connectivity index (χ2v) is 4.90. The van der Waals surface area contributed by atoms with E-state index in [1.54, 1.807) is 0 Å². The molecule has 2 rings (SSSR count). The average molecular weight is 251 g/mol. The normalized spacial score (nSPS) is 23.8. The Morgan fingerprint density at radius 3 is 2.61 bits per heavy atom.